The molecule has 6 heteroatoms. The van der Waals surface area contributed by atoms with Crippen molar-refractivity contribution in [3.63, 3.8) is 0 Å². The number of nitrogens with zero attached hydrogens (tertiary/aromatic N) is 4. The van der Waals surface area contributed by atoms with Crippen molar-refractivity contribution < 1.29 is 9.47 Å². The van der Waals surface area contributed by atoms with Gasteiger partial charge in [0.05, 0.1) is 26.4 Å². The molecule has 0 unspecified atom stereocenters. The number of anilines is 1. The first-order valence-electron chi connectivity index (χ1n) is 10.1. The summed E-state index contributed by atoms with van der Waals surface area (Å²) in [5, 5.41) is 6.73. The van der Waals surface area contributed by atoms with E-state index in [2.05, 4.69) is 20.0 Å². The van der Waals surface area contributed by atoms with Crippen molar-refractivity contribution in [3.8, 4) is 11.5 Å². The van der Waals surface area contributed by atoms with Crippen molar-refractivity contribution in [2.45, 2.75) is 6.61 Å². The van der Waals surface area contributed by atoms with E-state index >= 15 is 0 Å². The Morgan fingerprint density at radius 3 is 2.47 bits per heavy atom. The number of methoxy groups -OCH3 is 1. The van der Waals surface area contributed by atoms with Crippen LogP contribution in [0, 0.1) is 0 Å². The Bertz CT molecular complexity index is 955. The van der Waals surface area contributed by atoms with E-state index in [9.17, 15) is 0 Å². The lowest BCUT2D eigenvalue weighted by atomic mass is 10.2. The van der Waals surface area contributed by atoms with Gasteiger partial charge in [0.1, 0.15) is 12.4 Å². The van der Waals surface area contributed by atoms with Gasteiger partial charge in [-0.15, -0.1) is 0 Å². The summed E-state index contributed by atoms with van der Waals surface area (Å²) in [4.78, 5) is 6.71. The lowest BCUT2D eigenvalue weighted by Gasteiger charge is -2.33. The van der Waals surface area contributed by atoms with Gasteiger partial charge < -0.3 is 14.4 Å². The normalized spacial score (nSPS) is 14.2. The molecule has 0 radical (unpaired) electrons. The van der Waals surface area contributed by atoms with Gasteiger partial charge in [-0.3, -0.25) is 5.01 Å². The van der Waals surface area contributed by atoms with E-state index in [1.165, 1.54) is 0 Å². The van der Waals surface area contributed by atoms with Crippen LogP contribution in [0.15, 0.2) is 78.0 Å². The Morgan fingerprint density at radius 2 is 1.73 bits per heavy atom. The molecule has 0 atom stereocenters. The molecule has 6 nitrogen and oxygen atoms in total. The van der Waals surface area contributed by atoms with E-state index < -0.39 is 0 Å². The number of piperazine rings is 1. The van der Waals surface area contributed by atoms with Crippen LogP contribution in [-0.4, -0.2) is 49.5 Å². The van der Waals surface area contributed by atoms with Gasteiger partial charge in [0.2, 0.25) is 0 Å². The van der Waals surface area contributed by atoms with Gasteiger partial charge in [0.25, 0.3) is 0 Å². The second-order valence-corrected chi connectivity index (χ2v) is 7.06. The molecule has 3 aromatic rings. The Morgan fingerprint density at radius 1 is 0.933 bits per heavy atom. The summed E-state index contributed by atoms with van der Waals surface area (Å²) in [6, 6.07) is 22.0. The van der Waals surface area contributed by atoms with Crippen molar-refractivity contribution in [1.29, 1.82) is 0 Å². The average molecular weight is 402 g/mol. The summed E-state index contributed by atoms with van der Waals surface area (Å²) in [5.74, 6) is 2.45. The summed E-state index contributed by atoms with van der Waals surface area (Å²) >= 11 is 0. The predicted octanol–water partition coefficient (Wildman–Crippen LogP) is 3.83. The summed E-state index contributed by atoms with van der Waals surface area (Å²) < 4.78 is 11.4. The summed E-state index contributed by atoms with van der Waals surface area (Å²) in [6.45, 7) is 4.05. The van der Waals surface area contributed by atoms with Gasteiger partial charge in [-0.1, -0.05) is 36.4 Å². The maximum absolute atomic E-state index is 5.93. The van der Waals surface area contributed by atoms with Crippen molar-refractivity contribution in [2.24, 2.45) is 5.10 Å². The van der Waals surface area contributed by atoms with Crippen LogP contribution >= 0.6 is 0 Å². The molecule has 1 aromatic heterocycles. The van der Waals surface area contributed by atoms with Gasteiger partial charge in [0.15, 0.2) is 11.5 Å². The van der Waals surface area contributed by atoms with E-state index in [0.29, 0.717) is 12.4 Å². The maximum Gasteiger partial charge on any atom is 0.161 e. The van der Waals surface area contributed by atoms with E-state index in [1.54, 1.807) is 7.11 Å². The average Bonchev–Trinajstić information content (AvgIpc) is 2.83. The number of hydrogen-bond donors (Lipinski definition) is 0. The van der Waals surface area contributed by atoms with E-state index in [-0.39, 0.29) is 0 Å². The Kier molecular flexibility index (Phi) is 6.44. The highest BCUT2D eigenvalue weighted by Crippen LogP contribution is 2.28. The number of aromatic nitrogens is 1. The largest absolute Gasteiger partial charge is 0.493 e. The molecule has 0 N–H and O–H groups in total. The first-order chi connectivity index (χ1) is 14.8. The zero-order chi connectivity index (χ0) is 20.6. The highest BCUT2D eigenvalue weighted by atomic mass is 16.5. The first-order valence-corrected chi connectivity index (χ1v) is 10.1. The molecule has 2 aromatic carbocycles. The molecule has 0 bridgehead atoms. The van der Waals surface area contributed by atoms with Crippen molar-refractivity contribution in [2.75, 3.05) is 38.2 Å². The molecule has 1 aliphatic heterocycles. The smallest absolute Gasteiger partial charge is 0.161 e. The van der Waals surface area contributed by atoms with Gasteiger partial charge in [-0.05, 0) is 41.5 Å². The molecule has 1 saturated heterocycles. The zero-order valence-corrected chi connectivity index (χ0v) is 17.1. The van der Waals surface area contributed by atoms with Crippen LogP contribution in [0.1, 0.15) is 11.1 Å². The molecule has 4 rings (SSSR count). The molecule has 0 aliphatic carbocycles. The Balaban J connectivity index is 1.33. The number of ether oxygens (including phenoxy) is 2. The molecule has 0 amide bonds. The summed E-state index contributed by atoms with van der Waals surface area (Å²) in [5.41, 5.74) is 2.10. The number of pyridine rings is 1. The van der Waals surface area contributed by atoms with Crippen LogP contribution in [0.5, 0.6) is 11.5 Å². The predicted molar refractivity (Wildman–Crippen MR) is 119 cm³/mol. The van der Waals surface area contributed by atoms with E-state index in [4.69, 9.17) is 9.47 Å². The number of benzene rings is 2. The lowest BCUT2D eigenvalue weighted by molar-refractivity contribution is 0.271. The fourth-order valence-electron chi connectivity index (χ4n) is 3.35. The van der Waals surface area contributed by atoms with Crippen LogP contribution in [-0.2, 0) is 6.61 Å². The van der Waals surface area contributed by atoms with Gasteiger partial charge in [-0.25, -0.2) is 4.98 Å². The van der Waals surface area contributed by atoms with Crippen LogP contribution in [0.25, 0.3) is 0 Å². The Hall–Kier alpha value is -3.54. The molecule has 0 saturated carbocycles. The minimum atomic E-state index is 0.505. The maximum atomic E-state index is 5.93. The quantitative estimate of drug-likeness (QED) is 0.562. The first kappa shape index (κ1) is 19.8. The number of hydrazone groups is 1. The highest BCUT2D eigenvalue weighted by molar-refractivity contribution is 5.80. The van der Waals surface area contributed by atoms with Crippen LogP contribution < -0.4 is 14.4 Å². The third kappa shape index (κ3) is 5.08. The minimum absolute atomic E-state index is 0.505. The van der Waals surface area contributed by atoms with Crippen molar-refractivity contribution in [1.82, 2.24) is 9.99 Å². The number of rotatable bonds is 7. The molecule has 2 heterocycles. The van der Waals surface area contributed by atoms with E-state index in [0.717, 1.165) is 48.9 Å². The van der Waals surface area contributed by atoms with Crippen LogP contribution in [0.2, 0.25) is 0 Å². The van der Waals surface area contributed by atoms with Crippen molar-refractivity contribution >= 4 is 12.0 Å². The SMILES string of the molecule is COc1cc(C=NN2CCN(c3ccccn3)CC2)ccc1OCc1ccccc1. The highest BCUT2D eigenvalue weighted by Gasteiger charge is 2.16. The van der Waals surface area contributed by atoms with Gasteiger partial charge >= 0.3 is 0 Å². The standard InChI is InChI=1S/C24H26N4O2/c1-29-23-17-21(10-11-22(23)30-19-20-7-3-2-4-8-20)18-26-28-15-13-27(14-16-28)24-9-5-6-12-25-24/h2-12,17-18H,13-16,19H2,1H3. The van der Waals surface area contributed by atoms with Crippen molar-refractivity contribution in [3.05, 3.63) is 84.1 Å². The second kappa shape index (κ2) is 9.78. The molecular formula is C24H26N4O2. The Labute approximate surface area is 177 Å². The van der Waals surface area contributed by atoms with Crippen LogP contribution in [0.4, 0.5) is 5.82 Å². The minimum Gasteiger partial charge on any atom is -0.493 e. The number of hydrogen-bond acceptors (Lipinski definition) is 6. The van der Waals surface area contributed by atoms with E-state index in [1.807, 2.05) is 79.1 Å². The second-order valence-electron chi connectivity index (χ2n) is 7.06. The summed E-state index contributed by atoms with van der Waals surface area (Å²) in [6.07, 6.45) is 3.71. The molecule has 30 heavy (non-hydrogen) atoms. The molecule has 154 valence electrons. The fraction of sp³-hybridized carbons (Fsp3) is 0.250. The molecule has 1 fully saturated rings. The molecular weight excluding hydrogens is 376 g/mol. The monoisotopic (exact) mass is 402 g/mol. The van der Waals surface area contributed by atoms with Gasteiger partial charge in [-0.2, -0.15) is 5.10 Å². The van der Waals surface area contributed by atoms with Gasteiger partial charge in [0, 0.05) is 19.3 Å². The molecule has 1 aliphatic rings. The third-order valence-electron chi connectivity index (χ3n) is 5.02. The fourth-order valence-corrected chi connectivity index (χ4v) is 3.35. The van der Waals surface area contributed by atoms with Crippen LogP contribution in [0.3, 0.4) is 0 Å². The third-order valence-corrected chi connectivity index (χ3v) is 5.02. The zero-order valence-electron chi connectivity index (χ0n) is 17.1. The molecule has 0 spiro atoms. The topological polar surface area (TPSA) is 50.2 Å². The lowest BCUT2D eigenvalue weighted by Crippen LogP contribution is -2.44. The summed E-state index contributed by atoms with van der Waals surface area (Å²) in [7, 11) is 1.66.